The average Bonchev–Trinajstić information content (AvgIpc) is 2.38. The largest absolute Gasteiger partial charge is 0.478 e. The molecule has 2 N–H and O–H groups in total. The van der Waals surface area contributed by atoms with Crippen LogP contribution in [-0.2, 0) is 0 Å². The highest BCUT2D eigenvalue weighted by Crippen LogP contribution is 2.12. The van der Waals surface area contributed by atoms with Crippen molar-refractivity contribution < 1.29 is 14.7 Å². The van der Waals surface area contributed by atoms with Gasteiger partial charge in [-0.1, -0.05) is 18.2 Å². The summed E-state index contributed by atoms with van der Waals surface area (Å²) in [6, 6.07) is 11.3. The number of carboxylic acid groups (broad SMARTS) is 1. The molecule has 0 spiro atoms. The molecule has 19 heavy (non-hydrogen) atoms. The standard InChI is InChI=1S/C14H12N2O3/c1-9-5-4-8-12(15-9)16-13(17)10-6-2-3-7-11(10)14(18)19/h2-8H,1H3,(H,18,19)(H,15,16,17). The van der Waals surface area contributed by atoms with Gasteiger partial charge in [0.05, 0.1) is 11.1 Å². The number of pyridine rings is 1. The van der Waals surface area contributed by atoms with Gasteiger partial charge in [-0.3, -0.25) is 4.79 Å². The highest BCUT2D eigenvalue weighted by Gasteiger charge is 2.15. The van der Waals surface area contributed by atoms with Crippen LogP contribution in [0.4, 0.5) is 5.82 Å². The van der Waals surface area contributed by atoms with Gasteiger partial charge < -0.3 is 10.4 Å². The van der Waals surface area contributed by atoms with Crippen LogP contribution >= 0.6 is 0 Å². The highest BCUT2D eigenvalue weighted by atomic mass is 16.4. The molecule has 96 valence electrons. The number of benzene rings is 1. The number of carboxylic acids is 1. The first-order valence-corrected chi connectivity index (χ1v) is 5.65. The molecule has 2 aromatic rings. The molecule has 1 heterocycles. The molecule has 0 saturated heterocycles. The van der Waals surface area contributed by atoms with Crippen molar-refractivity contribution in [2.45, 2.75) is 6.92 Å². The predicted molar refractivity (Wildman–Crippen MR) is 70.3 cm³/mol. The fourth-order valence-electron chi connectivity index (χ4n) is 1.66. The smallest absolute Gasteiger partial charge is 0.336 e. The van der Waals surface area contributed by atoms with Crippen LogP contribution in [0.1, 0.15) is 26.4 Å². The summed E-state index contributed by atoms with van der Waals surface area (Å²) in [5.41, 5.74) is 0.843. The number of carbonyl (C=O) groups excluding carboxylic acids is 1. The van der Waals surface area contributed by atoms with E-state index in [4.69, 9.17) is 5.11 Å². The van der Waals surface area contributed by atoms with Crippen molar-refractivity contribution in [2.75, 3.05) is 5.32 Å². The highest BCUT2D eigenvalue weighted by molar-refractivity contribution is 6.10. The first-order valence-electron chi connectivity index (χ1n) is 5.65. The maximum atomic E-state index is 12.0. The molecule has 1 amide bonds. The van der Waals surface area contributed by atoms with Crippen molar-refractivity contribution >= 4 is 17.7 Å². The van der Waals surface area contributed by atoms with E-state index >= 15 is 0 Å². The number of aromatic nitrogens is 1. The van der Waals surface area contributed by atoms with Crippen LogP contribution in [0.25, 0.3) is 0 Å². The maximum absolute atomic E-state index is 12.0. The van der Waals surface area contributed by atoms with Gasteiger partial charge in [0.2, 0.25) is 0 Å². The van der Waals surface area contributed by atoms with Crippen molar-refractivity contribution in [1.29, 1.82) is 0 Å². The van der Waals surface area contributed by atoms with Crippen LogP contribution < -0.4 is 5.32 Å². The Hall–Kier alpha value is -2.69. The average molecular weight is 256 g/mol. The van der Waals surface area contributed by atoms with Crippen LogP contribution in [0, 0.1) is 6.92 Å². The van der Waals surface area contributed by atoms with Gasteiger partial charge >= 0.3 is 5.97 Å². The topological polar surface area (TPSA) is 79.3 Å². The number of amides is 1. The number of anilines is 1. The van der Waals surface area contributed by atoms with E-state index in [1.807, 2.05) is 0 Å². The number of carbonyl (C=O) groups is 2. The minimum absolute atomic E-state index is 0.0346. The molecule has 0 saturated carbocycles. The molecule has 2 rings (SSSR count). The second-order valence-electron chi connectivity index (χ2n) is 3.97. The Kier molecular flexibility index (Phi) is 3.56. The van der Waals surface area contributed by atoms with Gasteiger partial charge in [-0.15, -0.1) is 0 Å². The summed E-state index contributed by atoms with van der Waals surface area (Å²) < 4.78 is 0. The SMILES string of the molecule is Cc1cccc(NC(=O)c2ccccc2C(=O)O)n1. The molecule has 0 radical (unpaired) electrons. The van der Waals surface area contributed by atoms with Crippen LogP contribution in [-0.4, -0.2) is 22.0 Å². The predicted octanol–water partition coefficient (Wildman–Crippen LogP) is 2.34. The summed E-state index contributed by atoms with van der Waals surface area (Å²) in [7, 11) is 0. The summed E-state index contributed by atoms with van der Waals surface area (Å²) >= 11 is 0. The van der Waals surface area contributed by atoms with Crippen molar-refractivity contribution in [1.82, 2.24) is 4.98 Å². The molecule has 0 atom stereocenters. The van der Waals surface area contributed by atoms with Gasteiger partial charge in [-0.2, -0.15) is 0 Å². The van der Waals surface area contributed by atoms with Crippen LogP contribution in [0.5, 0.6) is 0 Å². The lowest BCUT2D eigenvalue weighted by Crippen LogP contribution is -2.17. The van der Waals surface area contributed by atoms with E-state index in [1.165, 1.54) is 12.1 Å². The van der Waals surface area contributed by atoms with Gasteiger partial charge in [0.25, 0.3) is 5.91 Å². The van der Waals surface area contributed by atoms with Gasteiger partial charge in [-0.05, 0) is 31.2 Å². The molecule has 1 aromatic heterocycles. The zero-order chi connectivity index (χ0) is 13.8. The lowest BCUT2D eigenvalue weighted by atomic mass is 10.1. The lowest BCUT2D eigenvalue weighted by Gasteiger charge is -2.07. The first kappa shape index (κ1) is 12.8. The van der Waals surface area contributed by atoms with Crippen molar-refractivity contribution in [3.63, 3.8) is 0 Å². The fraction of sp³-hybridized carbons (Fsp3) is 0.0714. The molecule has 1 aromatic carbocycles. The van der Waals surface area contributed by atoms with Crippen molar-refractivity contribution in [3.8, 4) is 0 Å². The number of rotatable bonds is 3. The van der Waals surface area contributed by atoms with Crippen molar-refractivity contribution in [3.05, 3.63) is 59.3 Å². The minimum Gasteiger partial charge on any atom is -0.478 e. The Labute approximate surface area is 109 Å². The minimum atomic E-state index is -1.14. The fourth-order valence-corrected chi connectivity index (χ4v) is 1.66. The molecule has 0 aliphatic heterocycles. The van der Waals surface area contributed by atoms with Gasteiger partial charge in [0.15, 0.2) is 0 Å². The number of aryl methyl sites for hydroxylation is 1. The number of nitrogens with one attached hydrogen (secondary N) is 1. The number of nitrogens with zero attached hydrogens (tertiary/aromatic N) is 1. The third-order valence-corrected chi connectivity index (χ3v) is 2.53. The van der Waals surface area contributed by atoms with Gasteiger partial charge in [0.1, 0.15) is 5.82 Å². The van der Waals surface area contributed by atoms with E-state index in [0.717, 1.165) is 5.69 Å². The molecular weight excluding hydrogens is 244 g/mol. The normalized spacial score (nSPS) is 9.95. The summed E-state index contributed by atoms with van der Waals surface area (Å²) in [5.74, 6) is -1.23. The first-order chi connectivity index (χ1) is 9.08. The molecule has 0 bridgehead atoms. The molecule has 5 heteroatoms. The molecular formula is C14H12N2O3. The second-order valence-corrected chi connectivity index (χ2v) is 3.97. The van der Waals surface area contributed by atoms with Gasteiger partial charge in [0, 0.05) is 5.69 Å². The molecule has 0 fully saturated rings. The van der Waals surface area contributed by atoms with E-state index in [-0.39, 0.29) is 11.1 Å². The van der Waals surface area contributed by atoms with Crippen LogP contribution in [0.3, 0.4) is 0 Å². The maximum Gasteiger partial charge on any atom is 0.336 e. The zero-order valence-electron chi connectivity index (χ0n) is 10.3. The summed E-state index contributed by atoms with van der Waals surface area (Å²) in [6.07, 6.45) is 0. The summed E-state index contributed by atoms with van der Waals surface area (Å²) in [6.45, 7) is 1.81. The monoisotopic (exact) mass is 256 g/mol. The number of hydrogen-bond acceptors (Lipinski definition) is 3. The molecule has 0 unspecified atom stereocenters. The van der Waals surface area contributed by atoms with Crippen molar-refractivity contribution in [2.24, 2.45) is 0 Å². The second kappa shape index (κ2) is 5.30. The third-order valence-electron chi connectivity index (χ3n) is 2.53. The molecule has 5 nitrogen and oxygen atoms in total. The van der Waals surface area contributed by atoms with E-state index in [2.05, 4.69) is 10.3 Å². The Morgan fingerprint density at radius 3 is 2.37 bits per heavy atom. The Balaban J connectivity index is 2.28. The number of hydrogen-bond donors (Lipinski definition) is 2. The Bertz CT molecular complexity index is 638. The quantitative estimate of drug-likeness (QED) is 0.883. The van der Waals surface area contributed by atoms with Gasteiger partial charge in [-0.25, -0.2) is 9.78 Å². The molecule has 0 aliphatic carbocycles. The Morgan fingerprint density at radius 1 is 1.05 bits per heavy atom. The Morgan fingerprint density at radius 2 is 1.74 bits per heavy atom. The number of aromatic carboxylic acids is 1. The third kappa shape index (κ3) is 2.95. The van der Waals surface area contributed by atoms with E-state index in [1.54, 1.807) is 37.3 Å². The molecule has 0 aliphatic rings. The van der Waals surface area contributed by atoms with E-state index in [9.17, 15) is 9.59 Å². The lowest BCUT2D eigenvalue weighted by molar-refractivity contribution is 0.0692. The van der Waals surface area contributed by atoms with E-state index < -0.39 is 11.9 Å². The summed E-state index contributed by atoms with van der Waals surface area (Å²) in [4.78, 5) is 27.2. The van der Waals surface area contributed by atoms with Crippen LogP contribution in [0.2, 0.25) is 0 Å². The summed E-state index contributed by atoms with van der Waals surface area (Å²) in [5, 5.41) is 11.6. The van der Waals surface area contributed by atoms with Crippen LogP contribution in [0.15, 0.2) is 42.5 Å². The van der Waals surface area contributed by atoms with E-state index in [0.29, 0.717) is 5.82 Å². The zero-order valence-corrected chi connectivity index (χ0v) is 10.3.